The van der Waals surface area contributed by atoms with E-state index in [4.69, 9.17) is 4.74 Å². The molecule has 172 valence electrons. The highest BCUT2D eigenvalue weighted by Crippen LogP contribution is 2.38. The maximum Gasteiger partial charge on any atom is 0.268 e. The first kappa shape index (κ1) is 20.8. The molecule has 4 heterocycles. The number of H-pyrrole nitrogens is 1. The van der Waals surface area contributed by atoms with Gasteiger partial charge in [0, 0.05) is 18.2 Å². The molecule has 2 fully saturated rings. The number of aromatic nitrogens is 4. The van der Waals surface area contributed by atoms with Gasteiger partial charge in [0.2, 0.25) is 0 Å². The van der Waals surface area contributed by atoms with Gasteiger partial charge in [0.25, 0.3) is 5.91 Å². The van der Waals surface area contributed by atoms with Crippen LogP contribution in [-0.2, 0) is 6.42 Å². The Morgan fingerprint density at radius 3 is 2.91 bits per heavy atom. The third kappa shape index (κ3) is 3.60. The van der Waals surface area contributed by atoms with Crippen LogP contribution in [0.4, 0.5) is 0 Å². The summed E-state index contributed by atoms with van der Waals surface area (Å²) in [6.07, 6.45) is 6.16. The van der Waals surface area contributed by atoms with Crippen LogP contribution in [0.15, 0.2) is 61.1 Å². The maximum absolute atomic E-state index is 13.6. The zero-order valence-electron chi connectivity index (χ0n) is 19.0. The van der Waals surface area contributed by atoms with E-state index < -0.39 is 0 Å². The summed E-state index contributed by atoms with van der Waals surface area (Å²) in [5.41, 5.74) is 4.08. The molecule has 0 radical (unpaired) electrons. The number of benzene rings is 2. The zero-order chi connectivity index (χ0) is 23.1. The Balaban J connectivity index is 1.28. The minimum absolute atomic E-state index is 0.0287. The van der Waals surface area contributed by atoms with E-state index in [0.29, 0.717) is 35.4 Å². The first-order valence-electron chi connectivity index (χ1n) is 11.8. The highest BCUT2D eigenvalue weighted by Gasteiger charge is 2.47. The summed E-state index contributed by atoms with van der Waals surface area (Å²) < 4.78 is 5.93. The summed E-state index contributed by atoms with van der Waals surface area (Å²) in [7, 11) is 0. The second kappa shape index (κ2) is 8.53. The molecule has 2 aliphatic rings. The number of aromatic amines is 1. The number of imidazole rings is 1. The van der Waals surface area contributed by atoms with Gasteiger partial charge in [-0.1, -0.05) is 30.3 Å². The summed E-state index contributed by atoms with van der Waals surface area (Å²) in [4.78, 5) is 29.7. The van der Waals surface area contributed by atoms with Gasteiger partial charge in [-0.3, -0.25) is 9.80 Å². The molecular formula is C26H26N6O2. The van der Waals surface area contributed by atoms with Crippen molar-refractivity contribution in [2.75, 3.05) is 13.2 Å². The molecule has 0 spiro atoms. The van der Waals surface area contributed by atoms with Gasteiger partial charge in [0.1, 0.15) is 23.4 Å². The lowest BCUT2D eigenvalue weighted by molar-refractivity contribution is 0.0197. The van der Waals surface area contributed by atoms with Crippen molar-refractivity contribution in [3.05, 3.63) is 72.2 Å². The molecule has 1 N–H and O–H groups in total. The Kier molecular flexibility index (Phi) is 5.22. The molecule has 34 heavy (non-hydrogen) atoms. The van der Waals surface area contributed by atoms with E-state index in [0.717, 1.165) is 36.9 Å². The molecule has 3 atom stereocenters. The second-order valence-corrected chi connectivity index (χ2v) is 8.82. The van der Waals surface area contributed by atoms with Crippen LogP contribution >= 0.6 is 0 Å². The van der Waals surface area contributed by atoms with Crippen molar-refractivity contribution < 1.29 is 9.53 Å². The quantitative estimate of drug-likeness (QED) is 0.476. The van der Waals surface area contributed by atoms with Gasteiger partial charge >= 0.3 is 0 Å². The lowest BCUT2D eigenvalue weighted by Crippen LogP contribution is -2.42. The number of carbonyl (C=O) groups excluding carboxylic acids is 1. The number of carbonyl (C=O) groups is 1. The Morgan fingerprint density at radius 1 is 1.21 bits per heavy atom. The number of nitrogens with one attached hydrogen (secondary N) is 1. The number of fused-ring (bicyclic) bond motifs is 3. The van der Waals surface area contributed by atoms with Crippen LogP contribution in [0, 0.1) is 0 Å². The summed E-state index contributed by atoms with van der Waals surface area (Å²) in [6.45, 7) is 3.34. The fourth-order valence-corrected chi connectivity index (χ4v) is 5.24. The zero-order valence-corrected chi connectivity index (χ0v) is 19.0. The van der Waals surface area contributed by atoms with E-state index >= 15 is 0 Å². The maximum atomic E-state index is 13.6. The van der Waals surface area contributed by atoms with Crippen molar-refractivity contribution in [1.29, 1.82) is 0 Å². The summed E-state index contributed by atoms with van der Waals surface area (Å²) in [5.74, 6) is 1.30. The topological polar surface area (TPSA) is 87.2 Å². The van der Waals surface area contributed by atoms with E-state index in [2.05, 4.69) is 49.2 Å². The first-order valence-corrected chi connectivity index (χ1v) is 11.8. The molecule has 6 rings (SSSR count). The van der Waals surface area contributed by atoms with Gasteiger partial charge in [-0.2, -0.15) is 0 Å². The predicted molar refractivity (Wildman–Crippen MR) is 128 cm³/mol. The van der Waals surface area contributed by atoms with Gasteiger partial charge in [-0.15, -0.1) is 0 Å². The molecule has 8 heteroatoms. The number of rotatable bonds is 6. The monoisotopic (exact) mass is 454 g/mol. The van der Waals surface area contributed by atoms with E-state index in [1.165, 1.54) is 11.9 Å². The van der Waals surface area contributed by atoms with E-state index in [1.807, 2.05) is 36.2 Å². The van der Waals surface area contributed by atoms with E-state index in [-0.39, 0.29) is 11.9 Å². The number of amides is 1. The molecule has 0 aliphatic carbocycles. The highest BCUT2D eigenvalue weighted by atomic mass is 16.5. The molecule has 4 aromatic rings. The van der Waals surface area contributed by atoms with Crippen LogP contribution in [0.3, 0.4) is 0 Å². The molecule has 2 saturated heterocycles. The van der Waals surface area contributed by atoms with Gasteiger partial charge < -0.3 is 9.72 Å². The number of nitrogens with zero attached hydrogens (tertiary/aromatic N) is 5. The molecule has 2 aliphatic heterocycles. The van der Waals surface area contributed by atoms with Gasteiger partial charge in [-0.05, 0) is 49.9 Å². The first-order chi connectivity index (χ1) is 16.7. The van der Waals surface area contributed by atoms with Crippen LogP contribution in [0.2, 0.25) is 0 Å². The lowest BCUT2D eigenvalue weighted by Gasteiger charge is -2.28. The van der Waals surface area contributed by atoms with Crippen molar-refractivity contribution in [2.24, 2.45) is 0 Å². The molecule has 2 bridgehead atoms. The van der Waals surface area contributed by atoms with Crippen LogP contribution in [0.5, 0.6) is 5.75 Å². The predicted octanol–water partition coefficient (Wildman–Crippen LogP) is 3.87. The molecule has 8 nitrogen and oxygen atoms in total. The van der Waals surface area contributed by atoms with Crippen molar-refractivity contribution in [3.8, 4) is 17.1 Å². The van der Waals surface area contributed by atoms with Gasteiger partial charge in [-0.25, -0.2) is 20.0 Å². The molecule has 2 aromatic heterocycles. The average Bonchev–Trinajstić information content (AvgIpc) is 3.57. The Morgan fingerprint density at radius 2 is 2.09 bits per heavy atom. The van der Waals surface area contributed by atoms with Gasteiger partial charge in [0.05, 0.1) is 24.4 Å². The SMILES string of the molecule is CCOc1cc(C(=O)N2C3CCN2C(Cc2ccccc2)C3)ccc1-c1nc2ncncc2[nH]1. The largest absolute Gasteiger partial charge is 0.493 e. The Bertz CT molecular complexity index is 1300. The minimum atomic E-state index is 0.0287. The minimum Gasteiger partial charge on any atom is -0.493 e. The van der Waals surface area contributed by atoms with Crippen LogP contribution in [0.25, 0.3) is 22.6 Å². The second-order valence-electron chi connectivity index (χ2n) is 8.82. The lowest BCUT2D eigenvalue weighted by atomic mass is 9.97. The Labute approximate surface area is 197 Å². The third-order valence-corrected chi connectivity index (χ3v) is 6.75. The van der Waals surface area contributed by atoms with Crippen LogP contribution < -0.4 is 4.74 Å². The summed E-state index contributed by atoms with van der Waals surface area (Å²) >= 11 is 0. The molecule has 3 unspecified atom stereocenters. The van der Waals surface area contributed by atoms with Crippen molar-refractivity contribution in [2.45, 2.75) is 38.3 Å². The third-order valence-electron chi connectivity index (χ3n) is 6.75. The highest BCUT2D eigenvalue weighted by molar-refractivity contribution is 5.96. The fourth-order valence-electron chi connectivity index (χ4n) is 5.24. The molecule has 1 amide bonds. The molecule has 0 saturated carbocycles. The molecule has 2 aromatic carbocycles. The number of hydrogen-bond acceptors (Lipinski definition) is 6. The number of hydrogen-bond donors (Lipinski definition) is 1. The Hall–Kier alpha value is -3.78. The average molecular weight is 455 g/mol. The smallest absolute Gasteiger partial charge is 0.268 e. The fraction of sp³-hybridized carbons (Fsp3) is 0.308. The normalized spacial score (nSPS) is 21.3. The van der Waals surface area contributed by atoms with Crippen LogP contribution in [-0.4, -0.2) is 61.1 Å². The van der Waals surface area contributed by atoms with Crippen molar-refractivity contribution in [1.82, 2.24) is 30.0 Å². The summed E-state index contributed by atoms with van der Waals surface area (Å²) in [6, 6.07) is 16.7. The van der Waals surface area contributed by atoms with E-state index in [9.17, 15) is 4.79 Å². The summed E-state index contributed by atoms with van der Waals surface area (Å²) in [5, 5.41) is 4.25. The van der Waals surface area contributed by atoms with Crippen molar-refractivity contribution >= 4 is 17.1 Å². The van der Waals surface area contributed by atoms with Crippen LogP contribution in [0.1, 0.15) is 35.7 Å². The number of ether oxygens (including phenoxy) is 1. The molecular weight excluding hydrogens is 428 g/mol. The number of piperidine rings is 1. The van der Waals surface area contributed by atoms with Crippen molar-refractivity contribution in [3.63, 3.8) is 0 Å². The van der Waals surface area contributed by atoms with E-state index in [1.54, 1.807) is 6.20 Å². The standard InChI is InChI=1S/C26H26N6O2/c1-2-34-23-13-18(8-9-21(23)24-29-22-15-27-16-28-25(22)30-24)26(33)32-19-10-11-31(32)20(14-19)12-17-6-4-3-5-7-17/h3-9,13,15-16,19-20H,2,10-12,14H2,1H3,(H,27,28,29,30). The van der Waals surface area contributed by atoms with Gasteiger partial charge in [0.15, 0.2) is 5.65 Å². The number of hydrazine groups is 1.